The van der Waals surface area contributed by atoms with Gasteiger partial charge in [-0.05, 0) is 62.6 Å². The number of hydrogen-bond acceptors (Lipinski definition) is 3. The molecule has 1 atom stereocenters. The Bertz CT molecular complexity index is 1060. The normalized spacial score (nSPS) is 12.7. The third-order valence-electron chi connectivity index (χ3n) is 5.30. The molecule has 1 heterocycles. The van der Waals surface area contributed by atoms with Gasteiger partial charge in [-0.25, -0.2) is 4.98 Å². The number of para-hydroxylation sites is 2. The highest BCUT2D eigenvalue weighted by Gasteiger charge is 2.25. The highest BCUT2D eigenvalue weighted by molar-refractivity contribution is 6.32. The maximum Gasteiger partial charge on any atom is 0.225 e. The number of hydrogen-bond donors (Lipinski definition) is 1. The minimum absolute atomic E-state index is 0.00965. The van der Waals surface area contributed by atoms with Gasteiger partial charge in [0.25, 0.3) is 0 Å². The van der Waals surface area contributed by atoms with E-state index in [1.54, 1.807) is 0 Å². The zero-order chi connectivity index (χ0) is 22.8. The van der Waals surface area contributed by atoms with E-state index in [0.717, 1.165) is 51.7 Å². The summed E-state index contributed by atoms with van der Waals surface area (Å²) in [7, 11) is 0. The van der Waals surface area contributed by atoms with Crippen LogP contribution in [0.1, 0.15) is 57.1 Å². The summed E-state index contributed by atoms with van der Waals surface area (Å²) in [5.74, 6) is 1.70. The van der Waals surface area contributed by atoms with Crippen LogP contribution in [0.4, 0.5) is 0 Å². The Labute approximate surface area is 189 Å². The molecular formula is C25H32ClN3O2. The lowest BCUT2D eigenvalue weighted by Gasteiger charge is -2.22. The van der Waals surface area contributed by atoms with Crippen LogP contribution in [-0.4, -0.2) is 22.1 Å². The average molecular weight is 442 g/mol. The number of nitrogens with one attached hydrogen (secondary N) is 1. The second-order valence-corrected chi connectivity index (χ2v) is 9.51. The molecule has 0 saturated heterocycles. The van der Waals surface area contributed by atoms with Gasteiger partial charge in [0.1, 0.15) is 11.6 Å². The summed E-state index contributed by atoms with van der Waals surface area (Å²) in [6, 6.07) is 11.8. The fraction of sp³-hybridized carbons (Fsp3) is 0.440. The number of rotatable bonds is 7. The van der Waals surface area contributed by atoms with Gasteiger partial charge in [0.15, 0.2) is 0 Å². The van der Waals surface area contributed by atoms with Gasteiger partial charge in [0, 0.05) is 17.0 Å². The first-order valence-electron chi connectivity index (χ1n) is 10.7. The quantitative estimate of drug-likeness (QED) is 0.457. The van der Waals surface area contributed by atoms with E-state index in [2.05, 4.69) is 16.0 Å². The Morgan fingerprint density at radius 1 is 1.19 bits per heavy atom. The summed E-state index contributed by atoms with van der Waals surface area (Å²) in [5.41, 5.74) is 3.58. The summed E-state index contributed by atoms with van der Waals surface area (Å²) >= 11 is 6.25. The van der Waals surface area contributed by atoms with Crippen molar-refractivity contribution >= 4 is 28.5 Å². The number of halogens is 1. The molecule has 0 saturated carbocycles. The zero-order valence-corrected chi connectivity index (χ0v) is 20.0. The van der Waals surface area contributed by atoms with E-state index in [1.165, 1.54) is 0 Å². The number of amides is 1. The predicted molar refractivity (Wildman–Crippen MR) is 127 cm³/mol. The molecule has 166 valence electrons. The molecule has 31 heavy (non-hydrogen) atoms. The standard InChI is InChI=1S/C25H32ClN3O2/c1-16-14-19(15-17(2)22(16)26)31-13-9-12-29-21-11-8-7-10-20(21)28-23(29)18(3)27-24(30)25(4,5)6/h7-8,10-11,14-15,18H,9,12-13H2,1-6H3,(H,27,30). The summed E-state index contributed by atoms with van der Waals surface area (Å²) in [5, 5.41) is 3.89. The van der Waals surface area contributed by atoms with E-state index < -0.39 is 5.41 Å². The monoisotopic (exact) mass is 441 g/mol. The molecule has 0 aliphatic heterocycles. The Hall–Kier alpha value is -2.53. The van der Waals surface area contributed by atoms with E-state index in [0.29, 0.717) is 6.61 Å². The Morgan fingerprint density at radius 2 is 1.84 bits per heavy atom. The molecule has 5 nitrogen and oxygen atoms in total. The van der Waals surface area contributed by atoms with Crippen molar-refractivity contribution in [1.82, 2.24) is 14.9 Å². The summed E-state index contributed by atoms with van der Waals surface area (Å²) in [6.45, 7) is 13.0. The van der Waals surface area contributed by atoms with Gasteiger partial charge in [-0.1, -0.05) is 44.5 Å². The van der Waals surface area contributed by atoms with Crippen LogP contribution in [0.2, 0.25) is 5.02 Å². The molecule has 0 aliphatic rings. The molecule has 3 rings (SSSR count). The molecule has 0 fully saturated rings. The largest absolute Gasteiger partial charge is 0.494 e. The summed E-state index contributed by atoms with van der Waals surface area (Å²) < 4.78 is 8.17. The number of nitrogens with zero attached hydrogens (tertiary/aromatic N) is 2. The number of carbonyl (C=O) groups excluding carboxylic acids is 1. The van der Waals surface area contributed by atoms with Gasteiger partial charge in [-0.3, -0.25) is 4.79 Å². The van der Waals surface area contributed by atoms with Crippen molar-refractivity contribution in [3.8, 4) is 5.75 Å². The van der Waals surface area contributed by atoms with Gasteiger partial charge in [0.2, 0.25) is 5.91 Å². The van der Waals surface area contributed by atoms with Crippen LogP contribution >= 0.6 is 11.6 Å². The fourth-order valence-electron chi connectivity index (χ4n) is 3.54. The molecular weight excluding hydrogens is 410 g/mol. The topological polar surface area (TPSA) is 56.1 Å². The first kappa shape index (κ1) is 23.1. The maximum absolute atomic E-state index is 12.5. The molecule has 0 radical (unpaired) electrons. The van der Waals surface area contributed by atoms with E-state index >= 15 is 0 Å². The smallest absolute Gasteiger partial charge is 0.225 e. The highest BCUT2D eigenvalue weighted by Crippen LogP contribution is 2.26. The number of aromatic nitrogens is 2. The van der Waals surface area contributed by atoms with Crippen LogP contribution in [0.5, 0.6) is 5.75 Å². The Kier molecular flexibility index (Phi) is 6.95. The molecule has 0 bridgehead atoms. The van der Waals surface area contributed by atoms with Crippen molar-refractivity contribution in [2.24, 2.45) is 5.41 Å². The third-order valence-corrected chi connectivity index (χ3v) is 5.90. The minimum Gasteiger partial charge on any atom is -0.494 e. The fourth-order valence-corrected chi connectivity index (χ4v) is 3.65. The van der Waals surface area contributed by atoms with Gasteiger partial charge < -0.3 is 14.6 Å². The van der Waals surface area contributed by atoms with E-state index in [4.69, 9.17) is 21.3 Å². The number of benzene rings is 2. The van der Waals surface area contributed by atoms with Crippen LogP contribution in [-0.2, 0) is 11.3 Å². The molecule has 0 spiro atoms. The van der Waals surface area contributed by atoms with Gasteiger partial charge in [-0.2, -0.15) is 0 Å². The van der Waals surface area contributed by atoms with Gasteiger partial charge in [0.05, 0.1) is 23.7 Å². The number of aryl methyl sites for hydroxylation is 3. The SMILES string of the molecule is Cc1cc(OCCCn2c(C(C)NC(=O)C(C)(C)C)nc3ccccc32)cc(C)c1Cl. The lowest BCUT2D eigenvalue weighted by molar-refractivity contribution is -0.129. The molecule has 1 aromatic heterocycles. The van der Waals surface area contributed by atoms with E-state index in [9.17, 15) is 4.79 Å². The Morgan fingerprint density at radius 3 is 2.48 bits per heavy atom. The molecule has 1 amide bonds. The average Bonchev–Trinajstić information content (AvgIpc) is 3.07. The second-order valence-electron chi connectivity index (χ2n) is 9.13. The van der Waals surface area contributed by atoms with E-state index in [-0.39, 0.29) is 11.9 Å². The molecule has 0 aliphatic carbocycles. The lowest BCUT2D eigenvalue weighted by Crippen LogP contribution is -2.37. The maximum atomic E-state index is 12.5. The molecule has 2 aromatic carbocycles. The van der Waals surface area contributed by atoms with Crippen molar-refractivity contribution in [3.63, 3.8) is 0 Å². The number of fused-ring (bicyclic) bond motifs is 1. The minimum atomic E-state index is -0.451. The van der Waals surface area contributed by atoms with Crippen molar-refractivity contribution in [2.75, 3.05) is 6.61 Å². The van der Waals surface area contributed by atoms with Crippen LogP contribution in [0, 0.1) is 19.3 Å². The Balaban J connectivity index is 1.73. The van der Waals surface area contributed by atoms with Crippen LogP contribution in [0.15, 0.2) is 36.4 Å². The van der Waals surface area contributed by atoms with Crippen LogP contribution < -0.4 is 10.1 Å². The lowest BCUT2D eigenvalue weighted by atomic mass is 9.95. The summed E-state index contributed by atoms with van der Waals surface area (Å²) in [4.78, 5) is 17.3. The second kappa shape index (κ2) is 9.31. The first-order chi connectivity index (χ1) is 14.6. The summed E-state index contributed by atoms with van der Waals surface area (Å²) in [6.07, 6.45) is 0.814. The zero-order valence-electron chi connectivity index (χ0n) is 19.3. The van der Waals surface area contributed by atoms with Crippen LogP contribution in [0.25, 0.3) is 11.0 Å². The molecule has 6 heteroatoms. The first-order valence-corrected chi connectivity index (χ1v) is 11.1. The van der Waals surface area contributed by atoms with Crippen LogP contribution in [0.3, 0.4) is 0 Å². The van der Waals surface area contributed by atoms with Gasteiger partial charge in [-0.15, -0.1) is 0 Å². The molecule has 3 aromatic rings. The van der Waals surface area contributed by atoms with Crippen molar-refractivity contribution < 1.29 is 9.53 Å². The van der Waals surface area contributed by atoms with Gasteiger partial charge >= 0.3 is 0 Å². The highest BCUT2D eigenvalue weighted by atomic mass is 35.5. The molecule has 1 N–H and O–H groups in total. The van der Waals surface area contributed by atoms with Crippen molar-refractivity contribution in [3.05, 3.63) is 58.4 Å². The van der Waals surface area contributed by atoms with Crippen molar-refractivity contribution in [1.29, 1.82) is 0 Å². The number of ether oxygens (including phenoxy) is 1. The van der Waals surface area contributed by atoms with E-state index in [1.807, 2.05) is 71.9 Å². The number of carbonyl (C=O) groups is 1. The number of imidazole rings is 1. The third kappa shape index (κ3) is 5.40. The molecule has 1 unspecified atom stereocenters. The predicted octanol–water partition coefficient (Wildman–Crippen LogP) is 6.00. The van der Waals surface area contributed by atoms with Crippen molar-refractivity contribution in [2.45, 2.75) is 60.5 Å².